The quantitative estimate of drug-likeness (QED) is 0.762. The molecule has 1 aliphatic heterocycles. The predicted octanol–water partition coefficient (Wildman–Crippen LogP) is 1.15. The summed E-state index contributed by atoms with van der Waals surface area (Å²) < 4.78 is 24.0. The Labute approximate surface area is 115 Å². The minimum atomic E-state index is -3.14. The minimum Gasteiger partial charge on any atom is -0.314 e. The van der Waals surface area contributed by atoms with E-state index in [4.69, 9.17) is 0 Å². The van der Waals surface area contributed by atoms with Crippen LogP contribution in [-0.4, -0.2) is 51.8 Å². The van der Waals surface area contributed by atoms with Crippen LogP contribution in [0.3, 0.4) is 0 Å². The average molecular weight is 282 g/mol. The fraction of sp³-hybridized carbons (Fsp3) is 0.571. The van der Waals surface area contributed by atoms with E-state index >= 15 is 0 Å². The van der Waals surface area contributed by atoms with Gasteiger partial charge in [-0.2, -0.15) is 0 Å². The minimum absolute atomic E-state index is 0.164. The highest BCUT2D eigenvalue weighted by Gasteiger charge is 2.13. The third kappa shape index (κ3) is 4.60. The molecule has 106 valence electrons. The van der Waals surface area contributed by atoms with E-state index in [1.54, 1.807) is 24.3 Å². The average Bonchev–Trinajstić information content (AvgIpc) is 2.92. The second-order valence-electron chi connectivity index (χ2n) is 4.93. The zero-order valence-electron chi connectivity index (χ0n) is 11.2. The Balaban J connectivity index is 1.67. The van der Waals surface area contributed by atoms with Crippen LogP contribution in [0.2, 0.25) is 0 Å². The second kappa shape index (κ2) is 7.03. The van der Waals surface area contributed by atoms with Gasteiger partial charge >= 0.3 is 0 Å². The third-order valence-electron chi connectivity index (χ3n) is 3.45. The van der Waals surface area contributed by atoms with Crippen LogP contribution in [-0.2, 0) is 9.84 Å². The molecule has 5 heteroatoms. The van der Waals surface area contributed by atoms with E-state index in [9.17, 15) is 8.42 Å². The molecule has 0 spiro atoms. The molecule has 1 aliphatic rings. The lowest BCUT2D eigenvalue weighted by Crippen LogP contribution is -2.32. The van der Waals surface area contributed by atoms with E-state index < -0.39 is 9.84 Å². The highest BCUT2D eigenvalue weighted by atomic mass is 32.2. The van der Waals surface area contributed by atoms with E-state index in [0.717, 1.165) is 13.1 Å². The number of nitrogens with zero attached hydrogens (tertiary/aromatic N) is 1. The molecule has 1 heterocycles. The first-order valence-electron chi connectivity index (χ1n) is 6.89. The topological polar surface area (TPSA) is 49.4 Å². The fourth-order valence-corrected chi connectivity index (χ4v) is 3.54. The summed E-state index contributed by atoms with van der Waals surface area (Å²) >= 11 is 0. The Morgan fingerprint density at radius 3 is 2.42 bits per heavy atom. The van der Waals surface area contributed by atoms with Crippen molar-refractivity contribution in [3.8, 4) is 0 Å². The molecule has 4 nitrogen and oxygen atoms in total. The predicted molar refractivity (Wildman–Crippen MR) is 77.0 cm³/mol. The summed E-state index contributed by atoms with van der Waals surface area (Å²) in [6, 6.07) is 8.65. The summed E-state index contributed by atoms with van der Waals surface area (Å²) in [5.74, 6) is 0.164. The SMILES string of the molecule is O=S(=O)(CCNCCN1CCCC1)c1ccccc1. The fourth-order valence-electron chi connectivity index (χ4n) is 2.32. The van der Waals surface area contributed by atoms with Gasteiger partial charge in [-0.15, -0.1) is 0 Å². The van der Waals surface area contributed by atoms with E-state index in [0.29, 0.717) is 11.4 Å². The molecule has 0 saturated carbocycles. The van der Waals surface area contributed by atoms with Gasteiger partial charge < -0.3 is 10.2 Å². The second-order valence-corrected chi connectivity index (χ2v) is 7.04. The summed E-state index contributed by atoms with van der Waals surface area (Å²) in [5.41, 5.74) is 0. The largest absolute Gasteiger partial charge is 0.314 e. The van der Waals surface area contributed by atoms with Crippen molar-refractivity contribution in [1.82, 2.24) is 10.2 Å². The van der Waals surface area contributed by atoms with Crippen LogP contribution in [0.5, 0.6) is 0 Å². The smallest absolute Gasteiger partial charge is 0.179 e. The third-order valence-corrected chi connectivity index (χ3v) is 5.19. The van der Waals surface area contributed by atoms with Crippen LogP contribution >= 0.6 is 0 Å². The molecule has 0 unspecified atom stereocenters. The maximum absolute atomic E-state index is 12.0. The number of benzene rings is 1. The van der Waals surface area contributed by atoms with Crippen molar-refractivity contribution in [2.24, 2.45) is 0 Å². The van der Waals surface area contributed by atoms with Gasteiger partial charge in [-0.25, -0.2) is 8.42 Å². The van der Waals surface area contributed by atoms with Crippen molar-refractivity contribution in [2.75, 3.05) is 38.5 Å². The van der Waals surface area contributed by atoms with Gasteiger partial charge in [-0.1, -0.05) is 18.2 Å². The van der Waals surface area contributed by atoms with Crippen LogP contribution in [0.15, 0.2) is 35.2 Å². The Bertz CT molecular complexity index is 467. The monoisotopic (exact) mass is 282 g/mol. The van der Waals surface area contributed by atoms with Gasteiger partial charge in [0.2, 0.25) is 0 Å². The first kappa shape index (κ1) is 14.5. The molecule has 0 bridgehead atoms. The first-order chi connectivity index (χ1) is 9.18. The van der Waals surface area contributed by atoms with Crippen molar-refractivity contribution in [1.29, 1.82) is 0 Å². The molecule has 1 saturated heterocycles. The molecule has 0 atom stereocenters. The lowest BCUT2D eigenvalue weighted by Gasteiger charge is -2.14. The Kier molecular flexibility index (Phi) is 5.36. The lowest BCUT2D eigenvalue weighted by molar-refractivity contribution is 0.337. The summed E-state index contributed by atoms with van der Waals surface area (Å²) in [7, 11) is -3.14. The number of rotatable bonds is 7. The standard InChI is InChI=1S/C14H22N2O2S/c17-19(18,14-6-2-1-3-7-14)13-9-15-8-12-16-10-4-5-11-16/h1-3,6-7,15H,4-5,8-13H2. The van der Waals surface area contributed by atoms with Crippen LogP contribution in [0.1, 0.15) is 12.8 Å². The molecular weight excluding hydrogens is 260 g/mol. The number of hydrogen-bond donors (Lipinski definition) is 1. The van der Waals surface area contributed by atoms with Crippen LogP contribution < -0.4 is 5.32 Å². The molecule has 1 fully saturated rings. The lowest BCUT2D eigenvalue weighted by atomic mass is 10.4. The maximum atomic E-state index is 12.0. The maximum Gasteiger partial charge on any atom is 0.179 e. The first-order valence-corrected chi connectivity index (χ1v) is 8.54. The van der Waals surface area contributed by atoms with Crippen molar-refractivity contribution >= 4 is 9.84 Å². The molecular formula is C14H22N2O2S. The van der Waals surface area contributed by atoms with E-state index in [2.05, 4.69) is 10.2 Å². The molecule has 19 heavy (non-hydrogen) atoms. The van der Waals surface area contributed by atoms with E-state index in [-0.39, 0.29) is 5.75 Å². The molecule has 1 aromatic carbocycles. The molecule has 0 aromatic heterocycles. The summed E-state index contributed by atoms with van der Waals surface area (Å²) in [6.45, 7) is 4.77. The molecule has 0 aliphatic carbocycles. The van der Waals surface area contributed by atoms with Crippen molar-refractivity contribution in [2.45, 2.75) is 17.7 Å². The number of nitrogens with one attached hydrogen (secondary N) is 1. The zero-order valence-corrected chi connectivity index (χ0v) is 12.0. The van der Waals surface area contributed by atoms with E-state index in [1.807, 2.05) is 6.07 Å². The van der Waals surface area contributed by atoms with Gasteiger partial charge in [0.15, 0.2) is 9.84 Å². The summed E-state index contributed by atoms with van der Waals surface area (Å²) in [5, 5.41) is 3.22. The number of likely N-dealkylation sites (tertiary alicyclic amines) is 1. The molecule has 1 aromatic rings. The van der Waals surface area contributed by atoms with Crippen molar-refractivity contribution < 1.29 is 8.42 Å². The van der Waals surface area contributed by atoms with Crippen molar-refractivity contribution in [3.63, 3.8) is 0 Å². The van der Waals surface area contributed by atoms with Gasteiger partial charge in [0.1, 0.15) is 0 Å². The van der Waals surface area contributed by atoms with Gasteiger partial charge in [-0.3, -0.25) is 0 Å². The van der Waals surface area contributed by atoms with Crippen molar-refractivity contribution in [3.05, 3.63) is 30.3 Å². The molecule has 1 N–H and O–H groups in total. The molecule has 0 radical (unpaired) electrons. The van der Waals surface area contributed by atoms with Crippen LogP contribution in [0, 0.1) is 0 Å². The highest BCUT2D eigenvalue weighted by Crippen LogP contribution is 2.09. The van der Waals surface area contributed by atoms with Crippen LogP contribution in [0.4, 0.5) is 0 Å². The molecule has 0 amide bonds. The van der Waals surface area contributed by atoms with Gasteiger partial charge in [0.25, 0.3) is 0 Å². The Hall–Kier alpha value is -0.910. The normalized spacial score (nSPS) is 16.8. The van der Waals surface area contributed by atoms with Gasteiger partial charge in [-0.05, 0) is 38.1 Å². The zero-order chi connectivity index (χ0) is 13.6. The van der Waals surface area contributed by atoms with Gasteiger partial charge in [0.05, 0.1) is 10.6 Å². The Morgan fingerprint density at radius 1 is 1.05 bits per heavy atom. The van der Waals surface area contributed by atoms with Crippen LogP contribution in [0.25, 0.3) is 0 Å². The van der Waals surface area contributed by atoms with Gasteiger partial charge in [0, 0.05) is 19.6 Å². The van der Waals surface area contributed by atoms with E-state index in [1.165, 1.54) is 25.9 Å². The summed E-state index contributed by atoms with van der Waals surface area (Å²) in [4.78, 5) is 2.83. The molecule has 2 rings (SSSR count). The number of sulfone groups is 1. The Morgan fingerprint density at radius 2 is 1.74 bits per heavy atom. The number of hydrogen-bond acceptors (Lipinski definition) is 4. The summed E-state index contributed by atoms with van der Waals surface area (Å²) in [6.07, 6.45) is 2.59. The highest BCUT2D eigenvalue weighted by molar-refractivity contribution is 7.91.